The lowest BCUT2D eigenvalue weighted by molar-refractivity contribution is 0.414. The standard InChI is InChI=1S/C14H17N5O/c1-4-18(2)14-12(9-15)13(16)19(17-14)10-6-5-7-11(8-10)20-3/h5-8H,4,16H2,1-3H3. The molecular formula is C14H17N5O. The number of hydrogen-bond acceptors (Lipinski definition) is 5. The molecule has 0 aliphatic rings. The lowest BCUT2D eigenvalue weighted by Gasteiger charge is -2.12. The number of aromatic nitrogens is 2. The van der Waals surface area contributed by atoms with Crippen molar-refractivity contribution in [2.24, 2.45) is 0 Å². The average Bonchev–Trinajstić information content (AvgIpc) is 2.83. The van der Waals surface area contributed by atoms with Crippen LogP contribution < -0.4 is 15.4 Å². The lowest BCUT2D eigenvalue weighted by Crippen LogP contribution is -2.17. The van der Waals surface area contributed by atoms with E-state index in [1.54, 1.807) is 11.8 Å². The number of methoxy groups -OCH3 is 1. The van der Waals surface area contributed by atoms with E-state index in [1.165, 1.54) is 0 Å². The first-order valence-corrected chi connectivity index (χ1v) is 6.26. The van der Waals surface area contributed by atoms with Gasteiger partial charge in [0.15, 0.2) is 5.82 Å². The number of nitrogens with two attached hydrogens (primary N) is 1. The first-order valence-electron chi connectivity index (χ1n) is 6.26. The highest BCUT2D eigenvalue weighted by molar-refractivity contribution is 5.67. The van der Waals surface area contributed by atoms with Gasteiger partial charge < -0.3 is 15.4 Å². The van der Waals surface area contributed by atoms with Gasteiger partial charge in [-0.2, -0.15) is 5.26 Å². The van der Waals surface area contributed by atoms with Crippen molar-refractivity contribution >= 4 is 11.6 Å². The van der Waals surface area contributed by atoms with E-state index < -0.39 is 0 Å². The molecule has 0 unspecified atom stereocenters. The van der Waals surface area contributed by atoms with Gasteiger partial charge in [0.25, 0.3) is 0 Å². The second-order valence-corrected chi connectivity index (χ2v) is 4.32. The molecule has 0 fully saturated rings. The smallest absolute Gasteiger partial charge is 0.171 e. The van der Waals surface area contributed by atoms with Crippen LogP contribution in [-0.4, -0.2) is 30.5 Å². The van der Waals surface area contributed by atoms with Crippen LogP contribution in [0.4, 0.5) is 11.6 Å². The number of nitrogen functional groups attached to an aromatic ring is 1. The molecule has 0 atom stereocenters. The summed E-state index contributed by atoms with van der Waals surface area (Å²) in [7, 11) is 3.47. The molecule has 1 heterocycles. The van der Waals surface area contributed by atoms with Gasteiger partial charge in [0.1, 0.15) is 23.2 Å². The summed E-state index contributed by atoms with van der Waals surface area (Å²) < 4.78 is 6.75. The molecule has 1 aromatic carbocycles. The van der Waals surface area contributed by atoms with Crippen molar-refractivity contribution in [1.82, 2.24) is 9.78 Å². The zero-order chi connectivity index (χ0) is 14.7. The van der Waals surface area contributed by atoms with E-state index in [0.29, 0.717) is 22.9 Å². The van der Waals surface area contributed by atoms with E-state index in [4.69, 9.17) is 10.5 Å². The van der Waals surface area contributed by atoms with Crippen LogP contribution in [0.3, 0.4) is 0 Å². The van der Waals surface area contributed by atoms with Crippen LogP contribution in [0.5, 0.6) is 5.75 Å². The maximum atomic E-state index is 9.27. The van der Waals surface area contributed by atoms with E-state index in [-0.39, 0.29) is 0 Å². The highest BCUT2D eigenvalue weighted by Gasteiger charge is 2.19. The fraction of sp³-hybridized carbons (Fsp3) is 0.286. The number of rotatable bonds is 4. The van der Waals surface area contributed by atoms with Crippen molar-refractivity contribution in [2.45, 2.75) is 6.92 Å². The van der Waals surface area contributed by atoms with E-state index in [1.807, 2.05) is 43.1 Å². The van der Waals surface area contributed by atoms with Crippen LogP contribution in [0.2, 0.25) is 0 Å². The van der Waals surface area contributed by atoms with Gasteiger partial charge >= 0.3 is 0 Å². The van der Waals surface area contributed by atoms with Crippen LogP contribution >= 0.6 is 0 Å². The minimum atomic E-state index is 0.330. The third-order valence-electron chi connectivity index (χ3n) is 3.15. The molecule has 1 aromatic heterocycles. The molecule has 0 spiro atoms. The zero-order valence-corrected chi connectivity index (χ0v) is 11.8. The summed E-state index contributed by atoms with van der Waals surface area (Å²) in [6.45, 7) is 2.73. The summed E-state index contributed by atoms with van der Waals surface area (Å²) in [4.78, 5) is 1.88. The molecule has 104 valence electrons. The highest BCUT2D eigenvalue weighted by Crippen LogP contribution is 2.27. The Morgan fingerprint density at radius 1 is 1.50 bits per heavy atom. The maximum absolute atomic E-state index is 9.27. The topological polar surface area (TPSA) is 80.1 Å². The first-order chi connectivity index (χ1) is 9.62. The molecule has 0 aliphatic heterocycles. The SMILES string of the molecule is CCN(C)c1nn(-c2cccc(OC)c2)c(N)c1C#N. The molecule has 0 saturated carbocycles. The van der Waals surface area contributed by atoms with Crippen molar-refractivity contribution in [1.29, 1.82) is 5.26 Å². The second-order valence-electron chi connectivity index (χ2n) is 4.32. The minimum Gasteiger partial charge on any atom is -0.497 e. The van der Waals surface area contributed by atoms with E-state index in [9.17, 15) is 5.26 Å². The molecule has 20 heavy (non-hydrogen) atoms. The van der Waals surface area contributed by atoms with Gasteiger partial charge in [-0.1, -0.05) is 6.07 Å². The predicted octanol–water partition coefficient (Wildman–Crippen LogP) is 1.79. The Hall–Kier alpha value is -2.68. The Balaban J connectivity index is 2.57. The molecule has 0 aliphatic carbocycles. The molecule has 2 aromatic rings. The van der Waals surface area contributed by atoms with Crippen LogP contribution in [-0.2, 0) is 0 Å². The van der Waals surface area contributed by atoms with E-state index in [0.717, 1.165) is 12.2 Å². The molecule has 6 heteroatoms. The molecule has 2 rings (SSSR count). The summed E-state index contributed by atoms with van der Waals surface area (Å²) in [6.07, 6.45) is 0. The molecule has 0 radical (unpaired) electrons. The Kier molecular flexibility index (Phi) is 3.80. The molecular weight excluding hydrogens is 254 g/mol. The predicted molar refractivity (Wildman–Crippen MR) is 78.2 cm³/mol. The zero-order valence-electron chi connectivity index (χ0n) is 11.8. The van der Waals surface area contributed by atoms with Crippen molar-refractivity contribution in [3.63, 3.8) is 0 Å². The average molecular weight is 271 g/mol. The van der Waals surface area contributed by atoms with Crippen molar-refractivity contribution in [3.05, 3.63) is 29.8 Å². The van der Waals surface area contributed by atoms with Gasteiger partial charge in [-0.05, 0) is 19.1 Å². The number of hydrogen-bond donors (Lipinski definition) is 1. The number of nitrogens with zero attached hydrogens (tertiary/aromatic N) is 4. The Morgan fingerprint density at radius 2 is 2.25 bits per heavy atom. The van der Waals surface area contributed by atoms with Crippen molar-refractivity contribution in [3.8, 4) is 17.5 Å². The van der Waals surface area contributed by atoms with Crippen LogP contribution in [0.25, 0.3) is 5.69 Å². The van der Waals surface area contributed by atoms with Gasteiger partial charge in [-0.25, -0.2) is 4.68 Å². The second kappa shape index (κ2) is 5.53. The molecule has 0 bridgehead atoms. The molecule has 0 amide bonds. The summed E-state index contributed by atoms with van der Waals surface area (Å²) in [6, 6.07) is 9.49. The molecule has 0 saturated heterocycles. The highest BCUT2D eigenvalue weighted by atomic mass is 16.5. The van der Waals surface area contributed by atoms with Gasteiger partial charge in [0.2, 0.25) is 0 Å². The Bertz CT molecular complexity index is 656. The van der Waals surface area contributed by atoms with Gasteiger partial charge in [0.05, 0.1) is 12.8 Å². The van der Waals surface area contributed by atoms with Crippen LogP contribution in [0.1, 0.15) is 12.5 Å². The van der Waals surface area contributed by atoms with Crippen LogP contribution in [0.15, 0.2) is 24.3 Å². The molecule has 6 nitrogen and oxygen atoms in total. The summed E-state index contributed by atoms with van der Waals surface area (Å²) in [5.74, 6) is 1.62. The first kappa shape index (κ1) is 13.7. The van der Waals surface area contributed by atoms with Crippen molar-refractivity contribution in [2.75, 3.05) is 31.3 Å². The summed E-state index contributed by atoms with van der Waals surface area (Å²) in [5.41, 5.74) is 7.19. The Morgan fingerprint density at radius 3 is 2.85 bits per heavy atom. The fourth-order valence-electron chi connectivity index (χ4n) is 1.88. The summed E-state index contributed by atoms with van der Waals surface area (Å²) >= 11 is 0. The normalized spacial score (nSPS) is 10.1. The third kappa shape index (κ3) is 2.26. The maximum Gasteiger partial charge on any atom is 0.171 e. The lowest BCUT2D eigenvalue weighted by atomic mass is 10.3. The number of nitriles is 1. The monoisotopic (exact) mass is 271 g/mol. The van der Waals surface area contributed by atoms with Gasteiger partial charge in [0, 0.05) is 19.7 Å². The van der Waals surface area contributed by atoms with Gasteiger partial charge in [-0.3, -0.25) is 0 Å². The number of benzene rings is 1. The molecule has 2 N–H and O–H groups in total. The fourth-order valence-corrected chi connectivity index (χ4v) is 1.88. The number of ether oxygens (including phenoxy) is 1. The Labute approximate surface area is 118 Å². The van der Waals surface area contributed by atoms with Gasteiger partial charge in [-0.15, -0.1) is 5.10 Å². The summed E-state index contributed by atoms with van der Waals surface area (Å²) in [5, 5.41) is 13.7. The van der Waals surface area contributed by atoms with E-state index >= 15 is 0 Å². The quantitative estimate of drug-likeness (QED) is 0.917. The minimum absolute atomic E-state index is 0.330. The van der Waals surface area contributed by atoms with E-state index in [2.05, 4.69) is 11.2 Å². The number of anilines is 2. The third-order valence-corrected chi connectivity index (χ3v) is 3.15. The van der Waals surface area contributed by atoms with Crippen molar-refractivity contribution < 1.29 is 4.74 Å². The van der Waals surface area contributed by atoms with Crippen LogP contribution in [0, 0.1) is 11.3 Å². The largest absolute Gasteiger partial charge is 0.497 e.